The third-order valence-electron chi connectivity index (χ3n) is 5.04. The van der Waals surface area contributed by atoms with Gasteiger partial charge < -0.3 is 9.32 Å². The van der Waals surface area contributed by atoms with E-state index < -0.39 is 9.84 Å². The minimum absolute atomic E-state index is 0.177. The van der Waals surface area contributed by atoms with Crippen molar-refractivity contribution in [1.29, 1.82) is 0 Å². The summed E-state index contributed by atoms with van der Waals surface area (Å²) < 4.78 is 28.3. The quantitative estimate of drug-likeness (QED) is 0.677. The third kappa shape index (κ3) is 5.69. The van der Waals surface area contributed by atoms with Gasteiger partial charge in [-0.3, -0.25) is 9.69 Å². The molecule has 0 unspecified atom stereocenters. The van der Waals surface area contributed by atoms with Crippen LogP contribution in [-0.2, 0) is 22.1 Å². The fourth-order valence-corrected chi connectivity index (χ4v) is 4.37. The van der Waals surface area contributed by atoms with Gasteiger partial charge in [0.1, 0.15) is 11.5 Å². The summed E-state index contributed by atoms with van der Waals surface area (Å²) in [7, 11) is -3.19. The summed E-state index contributed by atoms with van der Waals surface area (Å²) in [6.07, 6.45) is 2.21. The standard InChI is InChI=1S/C21H28N2O4S/c1-3-23(21(24)20-10-9-19(27-20)16-28(2,25)26)15-18-11-12-22(14-18)13-17-7-5-4-6-8-17/h4-10,18H,3,11-16H2,1-2H3/t18-/m1/s1. The predicted molar refractivity (Wildman–Crippen MR) is 109 cm³/mol. The van der Waals surface area contributed by atoms with E-state index >= 15 is 0 Å². The van der Waals surface area contributed by atoms with Crippen LogP contribution >= 0.6 is 0 Å². The van der Waals surface area contributed by atoms with Gasteiger partial charge in [0.25, 0.3) is 5.91 Å². The molecule has 1 aliphatic rings. The van der Waals surface area contributed by atoms with Crippen molar-refractivity contribution in [2.45, 2.75) is 25.6 Å². The second-order valence-corrected chi connectivity index (χ2v) is 9.70. The maximum absolute atomic E-state index is 12.8. The highest BCUT2D eigenvalue weighted by molar-refractivity contribution is 7.89. The zero-order valence-corrected chi connectivity index (χ0v) is 17.3. The van der Waals surface area contributed by atoms with Gasteiger partial charge in [0.15, 0.2) is 15.6 Å². The van der Waals surface area contributed by atoms with Crippen molar-refractivity contribution in [3.8, 4) is 0 Å². The molecule has 1 aromatic carbocycles. The van der Waals surface area contributed by atoms with Crippen molar-refractivity contribution in [2.24, 2.45) is 5.92 Å². The number of sulfone groups is 1. The Morgan fingerprint density at radius 2 is 1.96 bits per heavy atom. The Kier molecular flexibility index (Phi) is 6.57. The van der Waals surface area contributed by atoms with Crippen LogP contribution in [-0.4, -0.2) is 56.6 Å². The molecule has 1 fully saturated rings. The normalized spacial score (nSPS) is 17.7. The van der Waals surface area contributed by atoms with Crippen molar-refractivity contribution in [3.63, 3.8) is 0 Å². The molecular weight excluding hydrogens is 376 g/mol. The first-order chi connectivity index (χ1) is 13.3. The molecule has 1 saturated heterocycles. The van der Waals surface area contributed by atoms with Gasteiger partial charge in [0.05, 0.1) is 0 Å². The molecule has 0 bridgehead atoms. The summed E-state index contributed by atoms with van der Waals surface area (Å²) in [6, 6.07) is 13.6. The van der Waals surface area contributed by atoms with Gasteiger partial charge in [-0.25, -0.2) is 8.42 Å². The second kappa shape index (κ2) is 8.92. The molecule has 0 spiro atoms. The van der Waals surface area contributed by atoms with Gasteiger partial charge >= 0.3 is 0 Å². The maximum atomic E-state index is 12.8. The molecule has 0 radical (unpaired) electrons. The molecule has 0 N–H and O–H groups in total. The fraction of sp³-hybridized carbons (Fsp3) is 0.476. The lowest BCUT2D eigenvalue weighted by atomic mass is 10.1. The van der Waals surface area contributed by atoms with Crippen molar-refractivity contribution < 1.29 is 17.6 Å². The zero-order chi connectivity index (χ0) is 20.1. The number of amides is 1. The van der Waals surface area contributed by atoms with Crippen LogP contribution in [0.5, 0.6) is 0 Å². The second-order valence-electron chi connectivity index (χ2n) is 7.56. The van der Waals surface area contributed by atoms with E-state index in [9.17, 15) is 13.2 Å². The summed E-state index contributed by atoms with van der Waals surface area (Å²) in [4.78, 5) is 17.0. The minimum atomic E-state index is -3.19. The van der Waals surface area contributed by atoms with E-state index in [1.165, 1.54) is 5.56 Å². The Labute approximate surface area is 167 Å². The summed E-state index contributed by atoms with van der Waals surface area (Å²) in [6.45, 7) is 6.17. The van der Waals surface area contributed by atoms with E-state index in [-0.39, 0.29) is 17.4 Å². The van der Waals surface area contributed by atoms with E-state index in [2.05, 4.69) is 29.2 Å². The lowest BCUT2D eigenvalue weighted by molar-refractivity contribution is 0.0705. The summed E-state index contributed by atoms with van der Waals surface area (Å²) in [5.74, 6) is 0.571. The van der Waals surface area contributed by atoms with Crippen LogP contribution in [0.3, 0.4) is 0 Å². The molecule has 7 heteroatoms. The largest absolute Gasteiger partial charge is 0.455 e. The number of hydrogen-bond acceptors (Lipinski definition) is 5. The molecule has 3 rings (SSSR count). The van der Waals surface area contributed by atoms with Crippen LogP contribution in [0.25, 0.3) is 0 Å². The minimum Gasteiger partial charge on any atom is -0.455 e. The predicted octanol–water partition coefficient (Wildman–Crippen LogP) is 2.81. The summed E-state index contributed by atoms with van der Waals surface area (Å²) in [5.41, 5.74) is 1.31. The number of rotatable bonds is 8. The average Bonchev–Trinajstić information content (AvgIpc) is 3.28. The molecule has 6 nitrogen and oxygen atoms in total. The molecule has 1 aromatic heterocycles. The van der Waals surface area contributed by atoms with Crippen LogP contribution < -0.4 is 0 Å². The van der Waals surface area contributed by atoms with Gasteiger partial charge in [0.2, 0.25) is 0 Å². The van der Waals surface area contributed by atoms with Crippen molar-refractivity contribution in [1.82, 2.24) is 9.80 Å². The van der Waals surface area contributed by atoms with Crippen molar-refractivity contribution >= 4 is 15.7 Å². The monoisotopic (exact) mass is 404 g/mol. The van der Waals surface area contributed by atoms with Gasteiger partial charge in [-0.05, 0) is 43.5 Å². The van der Waals surface area contributed by atoms with Crippen LogP contribution in [0.15, 0.2) is 46.9 Å². The van der Waals surface area contributed by atoms with Gasteiger partial charge in [-0.1, -0.05) is 30.3 Å². The Bertz CT molecular complexity index is 892. The SMILES string of the molecule is CCN(C[C@@H]1CCN(Cc2ccccc2)C1)C(=O)c1ccc(CS(C)(=O)=O)o1. The van der Waals surface area contributed by atoms with Crippen LogP contribution in [0.4, 0.5) is 0 Å². The maximum Gasteiger partial charge on any atom is 0.289 e. The summed E-state index contributed by atoms with van der Waals surface area (Å²) >= 11 is 0. The van der Waals surface area contributed by atoms with E-state index in [0.29, 0.717) is 24.8 Å². The Morgan fingerprint density at radius 1 is 1.21 bits per heavy atom. The number of furan rings is 1. The number of nitrogens with zero attached hydrogens (tertiary/aromatic N) is 2. The lowest BCUT2D eigenvalue weighted by Gasteiger charge is -2.24. The molecule has 28 heavy (non-hydrogen) atoms. The van der Waals surface area contributed by atoms with Crippen LogP contribution in [0.2, 0.25) is 0 Å². The number of carbonyl (C=O) groups excluding carboxylic acids is 1. The number of likely N-dealkylation sites (tertiary alicyclic amines) is 1. The first kappa shape index (κ1) is 20.6. The average molecular weight is 405 g/mol. The van der Waals surface area contributed by atoms with E-state index in [1.54, 1.807) is 17.0 Å². The Morgan fingerprint density at radius 3 is 2.64 bits per heavy atom. The molecule has 0 aliphatic carbocycles. The molecule has 1 atom stereocenters. The number of carbonyl (C=O) groups is 1. The highest BCUT2D eigenvalue weighted by Crippen LogP contribution is 2.21. The highest BCUT2D eigenvalue weighted by atomic mass is 32.2. The van der Waals surface area contributed by atoms with Gasteiger partial charge in [0, 0.05) is 32.4 Å². The molecule has 1 aliphatic heterocycles. The van der Waals surface area contributed by atoms with E-state index in [4.69, 9.17) is 4.42 Å². The van der Waals surface area contributed by atoms with E-state index in [1.807, 2.05) is 13.0 Å². The molecule has 1 amide bonds. The molecule has 152 valence electrons. The number of hydrogen-bond donors (Lipinski definition) is 0. The Balaban J connectivity index is 1.56. The van der Waals surface area contributed by atoms with Crippen molar-refractivity contribution in [2.75, 3.05) is 32.4 Å². The third-order valence-corrected chi connectivity index (χ3v) is 5.85. The molecule has 0 saturated carbocycles. The molecule has 2 aromatic rings. The lowest BCUT2D eigenvalue weighted by Crippen LogP contribution is -2.36. The van der Waals surface area contributed by atoms with Crippen molar-refractivity contribution in [3.05, 3.63) is 59.5 Å². The topological polar surface area (TPSA) is 70.8 Å². The highest BCUT2D eigenvalue weighted by Gasteiger charge is 2.27. The summed E-state index contributed by atoms with van der Waals surface area (Å²) in [5, 5.41) is 0. The van der Waals surface area contributed by atoms with Crippen LogP contribution in [0.1, 0.15) is 35.2 Å². The number of benzene rings is 1. The smallest absolute Gasteiger partial charge is 0.289 e. The Hall–Kier alpha value is -2.12. The first-order valence-corrected chi connectivity index (χ1v) is 11.7. The first-order valence-electron chi connectivity index (χ1n) is 9.66. The fourth-order valence-electron chi connectivity index (χ4n) is 3.70. The van der Waals surface area contributed by atoms with E-state index in [0.717, 1.165) is 32.3 Å². The van der Waals surface area contributed by atoms with Gasteiger partial charge in [-0.2, -0.15) is 0 Å². The molecule has 2 heterocycles. The van der Waals surface area contributed by atoms with Gasteiger partial charge in [-0.15, -0.1) is 0 Å². The zero-order valence-electron chi connectivity index (χ0n) is 16.5. The van der Waals surface area contributed by atoms with Crippen LogP contribution in [0, 0.1) is 5.92 Å². The molecular formula is C21H28N2O4S.